The number of pyridine rings is 1. The van der Waals surface area contributed by atoms with E-state index < -0.39 is 0 Å². The topological polar surface area (TPSA) is 57.9 Å². The van der Waals surface area contributed by atoms with E-state index in [9.17, 15) is 0 Å². The SMILES string of the molecule is COc1ccc(Cl)c(Nc2ccc(C#N)nc2)c1. The van der Waals surface area contributed by atoms with Crippen molar-refractivity contribution in [3.05, 3.63) is 47.2 Å². The van der Waals surface area contributed by atoms with Crippen molar-refractivity contribution in [3.8, 4) is 11.8 Å². The summed E-state index contributed by atoms with van der Waals surface area (Å²) in [6.07, 6.45) is 1.58. The quantitative estimate of drug-likeness (QED) is 0.918. The lowest BCUT2D eigenvalue weighted by Gasteiger charge is -2.09. The number of aromatic nitrogens is 1. The second-order valence-corrected chi connectivity index (χ2v) is 3.92. The average Bonchev–Trinajstić information content (AvgIpc) is 2.42. The Morgan fingerprint density at radius 3 is 2.78 bits per heavy atom. The maximum absolute atomic E-state index is 8.66. The summed E-state index contributed by atoms with van der Waals surface area (Å²) in [6, 6.07) is 10.7. The molecule has 5 heteroatoms. The molecule has 2 rings (SSSR count). The highest BCUT2D eigenvalue weighted by atomic mass is 35.5. The fourth-order valence-electron chi connectivity index (χ4n) is 1.42. The number of nitrogens with zero attached hydrogens (tertiary/aromatic N) is 2. The van der Waals surface area contributed by atoms with E-state index in [-0.39, 0.29) is 0 Å². The van der Waals surface area contributed by atoms with Gasteiger partial charge in [-0.1, -0.05) is 11.6 Å². The highest BCUT2D eigenvalue weighted by Crippen LogP contribution is 2.29. The molecule has 1 heterocycles. The predicted molar refractivity (Wildman–Crippen MR) is 70.2 cm³/mol. The van der Waals surface area contributed by atoms with Gasteiger partial charge in [-0.15, -0.1) is 0 Å². The lowest BCUT2D eigenvalue weighted by atomic mass is 10.2. The van der Waals surface area contributed by atoms with Crippen molar-refractivity contribution in [2.75, 3.05) is 12.4 Å². The van der Waals surface area contributed by atoms with Crippen molar-refractivity contribution in [1.29, 1.82) is 5.26 Å². The van der Waals surface area contributed by atoms with E-state index >= 15 is 0 Å². The van der Waals surface area contributed by atoms with Crippen LogP contribution < -0.4 is 10.1 Å². The van der Waals surface area contributed by atoms with Gasteiger partial charge < -0.3 is 10.1 Å². The Kier molecular flexibility index (Phi) is 3.66. The molecule has 1 aromatic carbocycles. The fourth-order valence-corrected chi connectivity index (χ4v) is 1.58. The molecule has 0 saturated heterocycles. The highest BCUT2D eigenvalue weighted by Gasteiger charge is 2.03. The first-order chi connectivity index (χ1) is 8.72. The van der Waals surface area contributed by atoms with Gasteiger partial charge in [0.05, 0.1) is 29.7 Å². The van der Waals surface area contributed by atoms with E-state index in [4.69, 9.17) is 21.6 Å². The molecule has 0 saturated carbocycles. The number of nitrogens with one attached hydrogen (secondary N) is 1. The van der Waals surface area contributed by atoms with Crippen molar-refractivity contribution < 1.29 is 4.74 Å². The number of ether oxygens (including phenoxy) is 1. The highest BCUT2D eigenvalue weighted by molar-refractivity contribution is 6.33. The molecule has 0 amide bonds. The second-order valence-electron chi connectivity index (χ2n) is 3.51. The van der Waals surface area contributed by atoms with Crippen molar-refractivity contribution >= 4 is 23.0 Å². The molecule has 0 radical (unpaired) electrons. The molecule has 0 bridgehead atoms. The molecule has 0 aliphatic heterocycles. The second kappa shape index (κ2) is 5.39. The third-order valence-corrected chi connectivity index (χ3v) is 2.66. The minimum absolute atomic E-state index is 0.372. The largest absolute Gasteiger partial charge is 0.497 e. The van der Waals surface area contributed by atoms with Gasteiger partial charge in [0, 0.05) is 6.07 Å². The number of anilines is 2. The lowest BCUT2D eigenvalue weighted by Crippen LogP contribution is -1.94. The van der Waals surface area contributed by atoms with Gasteiger partial charge in [-0.05, 0) is 24.3 Å². The monoisotopic (exact) mass is 259 g/mol. The first-order valence-corrected chi connectivity index (χ1v) is 5.57. The molecule has 0 atom stereocenters. The maximum Gasteiger partial charge on any atom is 0.140 e. The average molecular weight is 260 g/mol. The zero-order chi connectivity index (χ0) is 13.0. The minimum Gasteiger partial charge on any atom is -0.497 e. The fraction of sp³-hybridized carbons (Fsp3) is 0.0769. The number of hydrogen-bond donors (Lipinski definition) is 1. The number of benzene rings is 1. The molecule has 2 aromatic rings. The first-order valence-electron chi connectivity index (χ1n) is 5.19. The molecule has 1 aromatic heterocycles. The van der Waals surface area contributed by atoms with E-state index in [2.05, 4.69) is 10.3 Å². The summed E-state index contributed by atoms with van der Waals surface area (Å²) in [5.74, 6) is 0.712. The molecule has 0 spiro atoms. The van der Waals surface area contributed by atoms with Crippen LogP contribution >= 0.6 is 11.6 Å². The van der Waals surface area contributed by atoms with Crippen LogP contribution in [0.1, 0.15) is 5.69 Å². The van der Waals surface area contributed by atoms with Gasteiger partial charge in [0.1, 0.15) is 17.5 Å². The Morgan fingerprint density at radius 2 is 2.17 bits per heavy atom. The van der Waals surface area contributed by atoms with Crippen LogP contribution in [0.2, 0.25) is 5.02 Å². The predicted octanol–water partition coefficient (Wildman–Crippen LogP) is 3.36. The van der Waals surface area contributed by atoms with Gasteiger partial charge in [0.25, 0.3) is 0 Å². The van der Waals surface area contributed by atoms with Crippen LogP contribution in [0.4, 0.5) is 11.4 Å². The molecule has 0 fully saturated rings. The van der Waals surface area contributed by atoms with Crippen molar-refractivity contribution in [2.45, 2.75) is 0 Å². The number of rotatable bonds is 3. The summed E-state index contributed by atoms with van der Waals surface area (Å²) in [5, 5.41) is 12.4. The Bertz CT molecular complexity index is 590. The van der Waals surface area contributed by atoms with E-state index in [1.807, 2.05) is 6.07 Å². The number of halogens is 1. The third kappa shape index (κ3) is 2.70. The lowest BCUT2D eigenvalue weighted by molar-refractivity contribution is 0.415. The van der Waals surface area contributed by atoms with E-state index in [1.54, 1.807) is 43.6 Å². The van der Waals surface area contributed by atoms with Gasteiger partial charge >= 0.3 is 0 Å². The Hall–Kier alpha value is -2.25. The molecule has 0 aliphatic rings. The van der Waals surface area contributed by atoms with E-state index in [0.29, 0.717) is 16.5 Å². The van der Waals surface area contributed by atoms with Crippen LogP contribution in [0.5, 0.6) is 5.75 Å². The molecular formula is C13H10ClN3O. The number of hydrogen-bond acceptors (Lipinski definition) is 4. The molecule has 0 unspecified atom stereocenters. The summed E-state index contributed by atoms with van der Waals surface area (Å²) in [6.45, 7) is 0. The summed E-state index contributed by atoms with van der Waals surface area (Å²) < 4.78 is 5.13. The van der Waals surface area contributed by atoms with Crippen LogP contribution in [0.25, 0.3) is 0 Å². The Balaban J connectivity index is 2.25. The number of nitriles is 1. The van der Waals surface area contributed by atoms with Crippen LogP contribution in [-0.4, -0.2) is 12.1 Å². The van der Waals surface area contributed by atoms with Gasteiger partial charge in [-0.3, -0.25) is 0 Å². The number of methoxy groups -OCH3 is 1. The molecule has 90 valence electrons. The van der Waals surface area contributed by atoms with Crippen molar-refractivity contribution in [1.82, 2.24) is 4.98 Å². The third-order valence-electron chi connectivity index (χ3n) is 2.33. The van der Waals surface area contributed by atoms with Gasteiger partial charge in [-0.2, -0.15) is 5.26 Å². The van der Waals surface area contributed by atoms with Crippen LogP contribution in [0.3, 0.4) is 0 Å². The minimum atomic E-state index is 0.372. The summed E-state index contributed by atoms with van der Waals surface area (Å²) >= 11 is 6.07. The van der Waals surface area contributed by atoms with Gasteiger partial charge in [0.15, 0.2) is 0 Å². The van der Waals surface area contributed by atoms with Crippen LogP contribution in [-0.2, 0) is 0 Å². The molecule has 4 nitrogen and oxygen atoms in total. The smallest absolute Gasteiger partial charge is 0.140 e. The van der Waals surface area contributed by atoms with Crippen LogP contribution in [0.15, 0.2) is 36.5 Å². The molecule has 18 heavy (non-hydrogen) atoms. The zero-order valence-corrected chi connectivity index (χ0v) is 10.4. The van der Waals surface area contributed by atoms with E-state index in [1.165, 1.54) is 0 Å². The summed E-state index contributed by atoms with van der Waals surface area (Å²) in [7, 11) is 1.59. The maximum atomic E-state index is 8.66. The zero-order valence-electron chi connectivity index (χ0n) is 9.64. The summed E-state index contributed by atoms with van der Waals surface area (Å²) in [5.41, 5.74) is 1.85. The Labute approximate surface area is 110 Å². The van der Waals surface area contributed by atoms with Crippen LogP contribution in [0, 0.1) is 11.3 Å². The normalized spacial score (nSPS) is 9.61. The molecule has 1 N–H and O–H groups in total. The Morgan fingerprint density at radius 1 is 1.33 bits per heavy atom. The van der Waals surface area contributed by atoms with Gasteiger partial charge in [0.2, 0.25) is 0 Å². The summed E-state index contributed by atoms with van der Waals surface area (Å²) in [4.78, 5) is 3.97. The van der Waals surface area contributed by atoms with Crippen molar-refractivity contribution in [2.24, 2.45) is 0 Å². The van der Waals surface area contributed by atoms with Crippen molar-refractivity contribution in [3.63, 3.8) is 0 Å². The first kappa shape index (κ1) is 12.2. The molecular weight excluding hydrogens is 250 g/mol. The standard InChI is InChI=1S/C13H10ClN3O/c1-18-11-4-5-12(14)13(6-11)17-10-3-2-9(7-15)16-8-10/h2-6,8,17H,1H3. The molecule has 0 aliphatic carbocycles. The van der Waals surface area contributed by atoms with Gasteiger partial charge in [-0.25, -0.2) is 4.98 Å². The van der Waals surface area contributed by atoms with E-state index in [0.717, 1.165) is 11.4 Å².